The van der Waals surface area contributed by atoms with E-state index < -0.39 is 30.9 Å². The van der Waals surface area contributed by atoms with Gasteiger partial charge in [-0.05, 0) is 0 Å². The second kappa shape index (κ2) is 19.4. The van der Waals surface area contributed by atoms with Gasteiger partial charge < -0.3 is 43.9 Å². The van der Waals surface area contributed by atoms with Crippen molar-refractivity contribution in [2.45, 2.75) is 0 Å². The maximum atomic E-state index is 9.92. The van der Waals surface area contributed by atoms with E-state index >= 15 is 0 Å². The zero-order valence-electron chi connectivity index (χ0n) is 14.5. The number of nitrogens with zero attached hydrogens (tertiary/aromatic N) is 4. The minimum absolute atomic E-state index is 0. The van der Waals surface area contributed by atoms with Gasteiger partial charge in [0.2, 0.25) is 0 Å². The van der Waals surface area contributed by atoms with Crippen LogP contribution < -0.4 is 0 Å². The Kier molecular flexibility index (Phi) is 23.2. The van der Waals surface area contributed by atoms with Crippen LogP contribution in [0.5, 0.6) is 0 Å². The van der Waals surface area contributed by atoms with Crippen molar-refractivity contribution in [1.29, 1.82) is 0 Å². The van der Waals surface area contributed by atoms with Gasteiger partial charge in [-0.25, -0.2) is 9.13 Å². The predicted molar refractivity (Wildman–Crippen MR) is 83.8 cm³/mol. The molecule has 0 unspecified atom stereocenters. The molecule has 181 valence electrons. The molecule has 0 aliphatic heterocycles. The Labute approximate surface area is 179 Å². The molecule has 0 aromatic rings. The van der Waals surface area contributed by atoms with Gasteiger partial charge in [-0.3, -0.25) is 4.90 Å². The second-order valence-electron chi connectivity index (χ2n) is 4.04. The van der Waals surface area contributed by atoms with E-state index in [1.807, 2.05) is 0 Å². The molecule has 0 aromatic carbocycles. The van der Waals surface area contributed by atoms with Crippen molar-refractivity contribution in [3.63, 3.8) is 0 Å². The van der Waals surface area contributed by atoms with Crippen LogP contribution in [0.1, 0.15) is 0 Å². The van der Waals surface area contributed by atoms with Gasteiger partial charge >= 0.3 is 15.6 Å². The second-order valence-corrected chi connectivity index (χ2v) is 6.09. The van der Waals surface area contributed by atoms with Crippen LogP contribution in [0.25, 0.3) is 0 Å². The summed E-state index contributed by atoms with van der Waals surface area (Å²) in [7, 11) is -9.28. The Morgan fingerprint density at radius 2 is 0.800 bits per heavy atom. The topological polar surface area (TPSA) is 316 Å². The van der Waals surface area contributed by atoms with E-state index in [2.05, 4.69) is 14.5 Å². The summed E-state index contributed by atoms with van der Waals surface area (Å²) in [5, 5.41) is 26.8. The van der Waals surface area contributed by atoms with Crippen molar-refractivity contribution in [2.75, 3.05) is 39.5 Å². The molecule has 1 radical (unpaired) electrons. The number of hydrogen-bond donors (Lipinski definition) is 6. The predicted octanol–water partition coefficient (Wildman–Crippen LogP) is -2.95. The number of phosphoric acid groups is 2. The first kappa shape index (κ1) is 35.9. The van der Waals surface area contributed by atoms with E-state index in [0.29, 0.717) is 0 Å². The first-order valence-electron chi connectivity index (χ1n) is 6.52. The third-order valence-corrected chi connectivity index (χ3v) is 1.81. The van der Waals surface area contributed by atoms with Gasteiger partial charge in [-0.1, -0.05) is 0 Å². The van der Waals surface area contributed by atoms with Crippen LogP contribution in [-0.4, -0.2) is 89.0 Å². The van der Waals surface area contributed by atoms with E-state index in [-0.39, 0.29) is 59.9 Å². The van der Waals surface area contributed by atoms with Crippen molar-refractivity contribution in [3.05, 3.63) is 30.3 Å². The van der Waals surface area contributed by atoms with Crippen LogP contribution in [-0.2, 0) is 44.1 Å². The molecule has 0 saturated heterocycles. The van der Waals surface area contributed by atoms with Gasteiger partial charge in [0.1, 0.15) is 19.8 Å². The largest absolute Gasteiger partial charge is 0.466 e. The Balaban J connectivity index is -0.000000254. The quantitative estimate of drug-likeness (QED) is 0.0689. The maximum absolute atomic E-state index is 9.92. The Hall–Kier alpha value is -1.56. The third-order valence-electron chi connectivity index (χ3n) is 1.81. The monoisotopic (exact) mass is 667 g/mol. The fourth-order valence-corrected chi connectivity index (χ4v) is 1.07. The van der Waals surface area contributed by atoms with Crippen LogP contribution in [0.3, 0.4) is 0 Å². The van der Waals surface area contributed by atoms with Crippen molar-refractivity contribution < 1.29 is 88.7 Å². The first-order chi connectivity index (χ1) is 12.9. The smallest absolute Gasteiger partial charge is 0.313 e. The van der Waals surface area contributed by atoms with E-state index in [0.717, 1.165) is 0 Å². The van der Waals surface area contributed by atoms with E-state index in [9.17, 15) is 30.3 Å². The van der Waals surface area contributed by atoms with E-state index in [1.54, 1.807) is 0 Å². The minimum atomic E-state index is -4.64. The van der Waals surface area contributed by atoms with Crippen molar-refractivity contribution in [2.24, 2.45) is 0 Å². The Morgan fingerprint density at radius 3 is 0.933 bits per heavy atom. The number of hydrogen-bond acceptors (Lipinski definition) is 12. The molecular weight excluding hydrogens is 648 g/mol. The molecule has 0 aliphatic carbocycles. The average molecular weight is 666 g/mol. The fraction of sp³-hybridized carbons (Fsp3) is 1.00. The van der Waals surface area contributed by atoms with Gasteiger partial charge in [0.25, 0.3) is 15.3 Å². The molecule has 0 saturated carbocycles. The normalized spacial score (nSPS) is 10.2. The number of rotatable bonds is 12. The van der Waals surface area contributed by atoms with Crippen LogP contribution in [0, 0.1) is 30.3 Å². The summed E-state index contributed by atoms with van der Waals surface area (Å²) in [6.07, 6.45) is 0. The third kappa shape index (κ3) is 63.3. The van der Waals surface area contributed by atoms with Gasteiger partial charge in [-0.15, -0.1) is 30.3 Å². The molecule has 0 bridgehead atoms. The summed E-state index contributed by atoms with van der Waals surface area (Å²) in [6.45, 7) is -0.687. The van der Waals surface area contributed by atoms with Gasteiger partial charge in [0.15, 0.2) is 0 Å². The van der Waals surface area contributed by atoms with Gasteiger partial charge in [0, 0.05) is 40.1 Å². The summed E-state index contributed by atoms with van der Waals surface area (Å²) in [5.74, 6) is 0. The zero-order valence-corrected chi connectivity index (χ0v) is 19.0. The molecule has 0 rings (SSSR count). The molecule has 0 spiro atoms. The molecule has 0 heterocycles. The van der Waals surface area contributed by atoms with E-state index in [4.69, 9.17) is 38.5 Å². The van der Waals surface area contributed by atoms with Crippen LogP contribution in [0.15, 0.2) is 0 Å². The zero-order chi connectivity index (χ0) is 23.7. The molecule has 24 heteroatoms. The van der Waals surface area contributed by atoms with Crippen molar-refractivity contribution >= 4 is 15.6 Å². The summed E-state index contributed by atoms with van der Waals surface area (Å²) in [4.78, 5) is 86.5. The van der Waals surface area contributed by atoms with Crippen LogP contribution in [0.2, 0.25) is 0 Å². The van der Waals surface area contributed by atoms with Crippen LogP contribution in [0.4, 0.5) is 0 Å². The molecule has 0 amide bonds. The summed E-state index contributed by atoms with van der Waals surface area (Å²) < 4.78 is 17.8. The fourth-order valence-electron chi connectivity index (χ4n) is 1.07. The standard InChI is InChI=1S/C6H12N4O9.2H3O4P.Re/c11-8(12)17-4-1-7(2-5-18-9(13)14)3-6-19-10(15)16;2*1-5(2,3)4;/h1-6H2;2*(H3,1,2,3,4);. The molecule has 21 nitrogen and oxygen atoms in total. The minimum Gasteiger partial charge on any atom is -0.313 e. The maximum Gasteiger partial charge on any atom is 0.466 e. The molecule has 0 aliphatic rings. The van der Waals surface area contributed by atoms with Crippen molar-refractivity contribution in [1.82, 2.24) is 4.90 Å². The summed E-state index contributed by atoms with van der Waals surface area (Å²) in [6, 6.07) is 0. The van der Waals surface area contributed by atoms with Crippen LogP contribution >= 0.6 is 15.6 Å². The molecule has 0 atom stereocenters. The summed E-state index contributed by atoms with van der Waals surface area (Å²) >= 11 is 0. The van der Waals surface area contributed by atoms with Gasteiger partial charge in [0.05, 0.1) is 0 Å². The molecule has 0 fully saturated rings. The molecule has 6 N–H and O–H groups in total. The molecular formula is C6H18N4O17P2Re. The molecule has 30 heavy (non-hydrogen) atoms. The average Bonchev–Trinajstić information content (AvgIpc) is 2.41. The van der Waals surface area contributed by atoms with Crippen molar-refractivity contribution in [3.8, 4) is 0 Å². The SMILES string of the molecule is O=P(O)(O)O.O=P(O)(O)O.O=[N+]([O-])OCCN(CCO[N+](=O)[O-])CCO[N+](=O)[O-].[Re]. The Morgan fingerprint density at radius 1 is 0.633 bits per heavy atom. The summed E-state index contributed by atoms with van der Waals surface area (Å²) in [5.41, 5.74) is 0. The molecule has 0 aromatic heterocycles. The van der Waals surface area contributed by atoms with Gasteiger partial charge in [-0.2, -0.15) is 0 Å². The Bertz CT molecular complexity index is 497. The first-order valence-corrected chi connectivity index (χ1v) is 9.65. The van der Waals surface area contributed by atoms with E-state index in [1.165, 1.54) is 4.90 Å².